The standard InChI is InChI=1S/C18H23N3OS.2ClH/c19-11-5-6-12-20-17(22)13-7-1-2-8-14(13)18-21-15-9-3-4-10-16(15)23-18;;/h1-4,9-10,13-14H,5-8,11-12,19H2,(H,20,22);2*1H. The summed E-state index contributed by atoms with van der Waals surface area (Å²) in [6.07, 6.45) is 7.87. The third kappa shape index (κ3) is 5.42. The summed E-state index contributed by atoms with van der Waals surface area (Å²) in [5.74, 6) is 0.320. The molecule has 1 heterocycles. The van der Waals surface area contributed by atoms with Crippen LogP contribution in [0.3, 0.4) is 0 Å². The molecule has 2 unspecified atom stereocenters. The fourth-order valence-corrected chi connectivity index (χ4v) is 4.18. The number of nitrogens with one attached hydrogen (secondary N) is 1. The highest BCUT2D eigenvalue weighted by atomic mass is 35.5. The van der Waals surface area contributed by atoms with Crippen molar-refractivity contribution in [2.75, 3.05) is 13.1 Å². The molecule has 0 bridgehead atoms. The van der Waals surface area contributed by atoms with E-state index in [0.29, 0.717) is 13.1 Å². The molecule has 7 heteroatoms. The van der Waals surface area contributed by atoms with Crippen LogP contribution < -0.4 is 11.1 Å². The molecule has 25 heavy (non-hydrogen) atoms. The Labute approximate surface area is 165 Å². The third-order valence-corrected chi connectivity index (χ3v) is 5.50. The number of benzene rings is 1. The highest BCUT2D eigenvalue weighted by molar-refractivity contribution is 7.18. The fourth-order valence-electron chi connectivity index (χ4n) is 3.04. The zero-order valence-electron chi connectivity index (χ0n) is 14.0. The number of rotatable bonds is 6. The number of thiazole rings is 1. The van der Waals surface area contributed by atoms with E-state index >= 15 is 0 Å². The van der Waals surface area contributed by atoms with Crippen molar-refractivity contribution >= 4 is 52.3 Å². The molecule has 0 spiro atoms. The minimum absolute atomic E-state index is 0. The van der Waals surface area contributed by atoms with E-state index in [9.17, 15) is 4.79 Å². The van der Waals surface area contributed by atoms with Gasteiger partial charge in [0.2, 0.25) is 5.91 Å². The predicted octanol–water partition coefficient (Wildman–Crippen LogP) is 4.04. The largest absolute Gasteiger partial charge is 0.356 e. The molecule has 138 valence electrons. The summed E-state index contributed by atoms with van der Waals surface area (Å²) in [6.45, 7) is 1.39. The Bertz CT molecular complexity index is 671. The van der Waals surface area contributed by atoms with E-state index in [-0.39, 0.29) is 42.6 Å². The van der Waals surface area contributed by atoms with Crippen LogP contribution >= 0.6 is 36.2 Å². The highest BCUT2D eigenvalue weighted by Gasteiger charge is 2.32. The lowest BCUT2D eigenvalue weighted by molar-refractivity contribution is -0.125. The Morgan fingerprint density at radius 2 is 1.96 bits per heavy atom. The van der Waals surface area contributed by atoms with Gasteiger partial charge in [0, 0.05) is 12.5 Å². The second-order valence-corrected chi connectivity index (χ2v) is 7.02. The number of amides is 1. The molecule has 0 radical (unpaired) electrons. The van der Waals surface area contributed by atoms with E-state index < -0.39 is 0 Å². The van der Waals surface area contributed by atoms with Crippen LogP contribution in [0.2, 0.25) is 0 Å². The van der Waals surface area contributed by atoms with Crippen LogP contribution in [0.5, 0.6) is 0 Å². The summed E-state index contributed by atoms with van der Waals surface area (Å²) in [5.41, 5.74) is 6.53. The summed E-state index contributed by atoms with van der Waals surface area (Å²) in [5, 5.41) is 4.15. The molecule has 1 aliphatic carbocycles. The molecule has 0 fully saturated rings. The fraction of sp³-hybridized carbons (Fsp3) is 0.444. The molecule has 0 saturated carbocycles. The van der Waals surface area contributed by atoms with Crippen LogP contribution in [0.4, 0.5) is 0 Å². The molecule has 1 amide bonds. The maximum Gasteiger partial charge on any atom is 0.224 e. The van der Waals surface area contributed by atoms with Gasteiger partial charge in [0.15, 0.2) is 0 Å². The zero-order chi connectivity index (χ0) is 16.1. The van der Waals surface area contributed by atoms with Gasteiger partial charge >= 0.3 is 0 Å². The van der Waals surface area contributed by atoms with Gasteiger partial charge in [-0.2, -0.15) is 0 Å². The highest BCUT2D eigenvalue weighted by Crippen LogP contribution is 2.38. The van der Waals surface area contributed by atoms with E-state index in [1.165, 1.54) is 4.70 Å². The average Bonchev–Trinajstić information content (AvgIpc) is 3.02. The van der Waals surface area contributed by atoms with E-state index in [0.717, 1.165) is 36.2 Å². The van der Waals surface area contributed by atoms with Gasteiger partial charge in [-0.05, 0) is 44.4 Å². The van der Waals surface area contributed by atoms with Crippen LogP contribution in [0, 0.1) is 5.92 Å². The average molecular weight is 402 g/mol. The normalized spacial score (nSPS) is 19.1. The number of unbranched alkanes of at least 4 members (excludes halogenated alkanes) is 1. The molecule has 0 saturated heterocycles. The number of fused-ring (bicyclic) bond motifs is 1. The molecule has 0 aliphatic heterocycles. The van der Waals surface area contributed by atoms with Gasteiger partial charge < -0.3 is 11.1 Å². The Morgan fingerprint density at radius 3 is 2.72 bits per heavy atom. The summed E-state index contributed by atoms with van der Waals surface area (Å²) in [4.78, 5) is 17.3. The van der Waals surface area contributed by atoms with Crippen LogP contribution in [-0.2, 0) is 4.79 Å². The summed E-state index contributed by atoms with van der Waals surface area (Å²) < 4.78 is 1.19. The zero-order valence-corrected chi connectivity index (χ0v) is 16.5. The number of nitrogens with two attached hydrogens (primary N) is 1. The molecule has 1 aromatic carbocycles. The maximum absolute atomic E-state index is 12.6. The molecule has 2 aromatic rings. The maximum atomic E-state index is 12.6. The van der Waals surface area contributed by atoms with Gasteiger partial charge in [0.05, 0.1) is 21.1 Å². The van der Waals surface area contributed by atoms with E-state index in [4.69, 9.17) is 10.7 Å². The topological polar surface area (TPSA) is 68.0 Å². The summed E-state index contributed by atoms with van der Waals surface area (Å²) in [7, 11) is 0. The second-order valence-electron chi connectivity index (χ2n) is 5.96. The number of carbonyl (C=O) groups is 1. The van der Waals surface area contributed by atoms with Crippen molar-refractivity contribution in [1.82, 2.24) is 10.3 Å². The number of allylic oxidation sites excluding steroid dienone is 2. The first-order valence-corrected chi connectivity index (χ1v) is 9.09. The van der Waals surface area contributed by atoms with E-state index in [1.807, 2.05) is 18.2 Å². The van der Waals surface area contributed by atoms with Crippen molar-refractivity contribution in [3.05, 3.63) is 41.4 Å². The second kappa shape index (κ2) is 10.8. The van der Waals surface area contributed by atoms with Crippen molar-refractivity contribution < 1.29 is 4.79 Å². The first kappa shape index (κ1) is 21.9. The molecule has 3 rings (SSSR count). The first-order valence-electron chi connectivity index (χ1n) is 8.28. The Kier molecular flexibility index (Phi) is 9.43. The predicted molar refractivity (Wildman–Crippen MR) is 110 cm³/mol. The van der Waals surface area contributed by atoms with Crippen molar-refractivity contribution in [3.8, 4) is 0 Å². The van der Waals surface area contributed by atoms with Gasteiger partial charge in [-0.3, -0.25) is 4.79 Å². The molecule has 4 nitrogen and oxygen atoms in total. The van der Waals surface area contributed by atoms with E-state index in [2.05, 4.69) is 23.5 Å². The van der Waals surface area contributed by atoms with Crippen molar-refractivity contribution in [1.29, 1.82) is 0 Å². The molecule has 1 aromatic heterocycles. The van der Waals surface area contributed by atoms with Gasteiger partial charge in [0.1, 0.15) is 0 Å². The Hall–Kier alpha value is -1.14. The number of para-hydroxylation sites is 1. The summed E-state index contributed by atoms with van der Waals surface area (Å²) in [6, 6.07) is 8.17. The minimum Gasteiger partial charge on any atom is -0.356 e. The third-order valence-electron chi connectivity index (χ3n) is 4.33. The van der Waals surface area contributed by atoms with Crippen LogP contribution in [0.15, 0.2) is 36.4 Å². The SMILES string of the molecule is Cl.Cl.NCCCCNC(=O)C1CC=CCC1c1nc2ccccc2s1. The van der Waals surface area contributed by atoms with Gasteiger partial charge in [-0.15, -0.1) is 36.2 Å². The minimum atomic E-state index is -0.0153. The molecule has 3 N–H and O–H groups in total. The van der Waals surface area contributed by atoms with Crippen molar-refractivity contribution in [3.63, 3.8) is 0 Å². The van der Waals surface area contributed by atoms with Crippen LogP contribution in [0.25, 0.3) is 10.2 Å². The van der Waals surface area contributed by atoms with E-state index in [1.54, 1.807) is 11.3 Å². The van der Waals surface area contributed by atoms with Gasteiger partial charge in [-0.25, -0.2) is 4.98 Å². The molecule has 1 aliphatic rings. The molecular formula is C18H25Cl2N3OS. The molecule has 2 atom stereocenters. The van der Waals surface area contributed by atoms with Crippen molar-refractivity contribution in [2.45, 2.75) is 31.6 Å². The first-order chi connectivity index (χ1) is 11.3. The lowest BCUT2D eigenvalue weighted by atomic mass is 9.82. The quantitative estimate of drug-likeness (QED) is 0.566. The number of carbonyl (C=O) groups excluding carboxylic acids is 1. The Morgan fingerprint density at radius 1 is 1.20 bits per heavy atom. The molecular weight excluding hydrogens is 377 g/mol. The van der Waals surface area contributed by atoms with Crippen LogP contribution in [-0.4, -0.2) is 24.0 Å². The Balaban J connectivity index is 0.00000156. The number of hydrogen-bond donors (Lipinski definition) is 2. The summed E-state index contributed by atoms with van der Waals surface area (Å²) >= 11 is 1.72. The van der Waals surface area contributed by atoms with Gasteiger partial charge in [0.25, 0.3) is 0 Å². The lowest BCUT2D eigenvalue weighted by Gasteiger charge is -2.26. The smallest absolute Gasteiger partial charge is 0.224 e. The van der Waals surface area contributed by atoms with Crippen LogP contribution in [0.1, 0.15) is 36.6 Å². The lowest BCUT2D eigenvalue weighted by Crippen LogP contribution is -2.35. The monoisotopic (exact) mass is 401 g/mol. The number of nitrogens with zero attached hydrogens (tertiary/aromatic N) is 1. The number of halogens is 2. The number of hydrogen-bond acceptors (Lipinski definition) is 4. The number of aromatic nitrogens is 1. The van der Waals surface area contributed by atoms with Gasteiger partial charge in [-0.1, -0.05) is 24.3 Å². The van der Waals surface area contributed by atoms with Crippen molar-refractivity contribution in [2.24, 2.45) is 11.7 Å².